The molecule has 0 aromatic carbocycles. The Morgan fingerprint density at radius 1 is 1.00 bits per heavy atom. The number of nitrogens with one attached hydrogen (secondary N) is 1. The van der Waals surface area contributed by atoms with Gasteiger partial charge in [0.15, 0.2) is 0 Å². The summed E-state index contributed by atoms with van der Waals surface area (Å²) in [7, 11) is 0. The van der Waals surface area contributed by atoms with E-state index in [-0.39, 0.29) is 0 Å². The monoisotopic (exact) mass is 279 g/mol. The van der Waals surface area contributed by atoms with E-state index in [2.05, 4.69) is 29.1 Å². The van der Waals surface area contributed by atoms with Crippen molar-refractivity contribution in [1.82, 2.24) is 9.97 Å². The van der Waals surface area contributed by atoms with Gasteiger partial charge in [0.2, 0.25) is 11.8 Å². The summed E-state index contributed by atoms with van der Waals surface area (Å²) in [6.45, 7) is 7.97. The molecule has 1 N–H and O–H groups in total. The molecule has 0 amide bonds. The minimum absolute atomic E-state index is 0.671. The number of aromatic nitrogens is 2. The third-order valence-corrected chi connectivity index (χ3v) is 3.11. The maximum atomic E-state index is 5.72. The lowest BCUT2D eigenvalue weighted by Gasteiger charge is -2.09. The van der Waals surface area contributed by atoms with Gasteiger partial charge in [0.05, 0.1) is 6.61 Å². The minimum Gasteiger partial charge on any atom is -0.478 e. The molecule has 1 aromatic heterocycles. The molecule has 0 aliphatic carbocycles. The molecular weight excluding hydrogens is 250 g/mol. The quantitative estimate of drug-likeness (QED) is 0.612. The zero-order valence-electron chi connectivity index (χ0n) is 13.2. The van der Waals surface area contributed by atoms with Gasteiger partial charge in [-0.2, -0.15) is 4.98 Å². The van der Waals surface area contributed by atoms with Crippen molar-refractivity contribution in [2.75, 3.05) is 18.5 Å². The highest BCUT2D eigenvalue weighted by Crippen LogP contribution is 2.13. The van der Waals surface area contributed by atoms with Crippen LogP contribution in [0.2, 0.25) is 0 Å². The van der Waals surface area contributed by atoms with Crippen LogP contribution in [0.5, 0.6) is 5.88 Å². The molecule has 1 heterocycles. The number of anilines is 1. The van der Waals surface area contributed by atoms with E-state index in [1.807, 2.05) is 13.0 Å². The second-order valence-electron chi connectivity index (χ2n) is 5.21. The van der Waals surface area contributed by atoms with E-state index in [1.54, 1.807) is 0 Å². The Balaban J connectivity index is 2.26. The van der Waals surface area contributed by atoms with Crippen molar-refractivity contribution in [1.29, 1.82) is 0 Å². The predicted octanol–water partition coefficient (Wildman–Crippen LogP) is 4.35. The molecule has 0 unspecified atom stereocenters. The highest BCUT2D eigenvalue weighted by molar-refractivity contribution is 5.30. The van der Waals surface area contributed by atoms with Crippen LogP contribution in [0.4, 0.5) is 5.95 Å². The van der Waals surface area contributed by atoms with Crippen molar-refractivity contribution in [3.05, 3.63) is 11.8 Å². The summed E-state index contributed by atoms with van der Waals surface area (Å²) in [5, 5.41) is 3.20. The summed E-state index contributed by atoms with van der Waals surface area (Å²) < 4.78 is 5.72. The van der Waals surface area contributed by atoms with Crippen LogP contribution in [0.1, 0.15) is 64.5 Å². The summed E-state index contributed by atoms with van der Waals surface area (Å²) in [6.07, 6.45) is 8.70. The fourth-order valence-corrected chi connectivity index (χ4v) is 1.99. The first-order chi connectivity index (χ1) is 9.76. The largest absolute Gasteiger partial charge is 0.478 e. The van der Waals surface area contributed by atoms with E-state index in [0.29, 0.717) is 11.8 Å². The molecule has 1 rings (SSSR count). The van der Waals surface area contributed by atoms with Gasteiger partial charge in [-0.1, -0.05) is 46.0 Å². The van der Waals surface area contributed by atoms with Gasteiger partial charge >= 0.3 is 0 Å². The van der Waals surface area contributed by atoms with E-state index in [4.69, 9.17) is 4.74 Å². The number of nitrogens with zero attached hydrogens (tertiary/aromatic N) is 2. The second-order valence-corrected chi connectivity index (χ2v) is 5.21. The highest BCUT2D eigenvalue weighted by Gasteiger charge is 2.02. The first-order valence-electron chi connectivity index (χ1n) is 7.98. The molecule has 20 heavy (non-hydrogen) atoms. The van der Waals surface area contributed by atoms with Crippen LogP contribution in [-0.4, -0.2) is 23.1 Å². The van der Waals surface area contributed by atoms with Crippen LogP contribution in [0.25, 0.3) is 0 Å². The zero-order chi connectivity index (χ0) is 14.6. The van der Waals surface area contributed by atoms with Crippen molar-refractivity contribution in [2.45, 2.75) is 65.7 Å². The number of hydrogen-bond donors (Lipinski definition) is 1. The Kier molecular flexibility index (Phi) is 8.76. The van der Waals surface area contributed by atoms with Crippen LogP contribution in [0.15, 0.2) is 6.07 Å². The maximum Gasteiger partial charge on any atom is 0.226 e. The molecule has 0 bridgehead atoms. The topological polar surface area (TPSA) is 47.0 Å². The van der Waals surface area contributed by atoms with Crippen LogP contribution in [0, 0.1) is 6.92 Å². The fraction of sp³-hybridized carbons (Fsp3) is 0.750. The summed E-state index contributed by atoms with van der Waals surface area (Å²) in [4.78, 5) is 8.72. The molecule has 4 heteroatoms. The van der Waals surface area contributed by atoms with Gasteiger partial charge in [0, 0.05) is 18.3 Å². The van der Waals surface area contributed by atoms with Crippen LogP contribution >= 0.6 is 0 Å². The number of aryl methyl sites for hydroxylation is 1. The number of unbranched alkanes of at least 4 members (excludes halogenated alkanes) is 5. The Morgan fingerprint density at radius 2 is 1.75 bits per heavy atom. The molecule has 0 radical (unpaired) electrons. The van der Waals surface area contributed by atoms with Crippen molar-refractivity contribution in [3.63, 3.8) is 0 Å². The van der Waals surface area contributed by atoms with Gasteiger partial charge in [0.25, 0.3) is 0 Å². The molecule has 4 nitrogen and oxygen atoms in total. The molecular formula is C16H29N3O. The Morgan fingerprint density at radius 3 is 2.50 bits per heavy atom. The SMILES string of the molecule is CCCCCCCCOc1cc(C)nc(NCCC)n1. The van der Waals surface area contributed by atoms with Crippen molar-refractivity contribution in [2.24, 2.45) is 0 Å². The fourth-order valence-electron chi connectivity index (χ4n) is 1.99. The Labute approximate surface area is 123 Å². The lowest BCUT2D eigenvalue weighted by Crippen LogP contribution is -2.07. The number of hydrogen-bond acceptors (Lipinski definition) is 4. The molecule has 0 spiro atoms. The smallest absolute Gasteiger partial charge is 0.226 e. The van der Waals surface area contributed by atoms with Gasteiger partial charge in [0.1, 0.15) is 0 Å². The summed E-state index contributed by atoms with van der Waals surface area (Å²) >= 11 is 0. The standard InChI is InChI=1S/C16H29N3O/c1-4-6-7-8-9-10-12-20-15-13-14(3)18-16(19-15)17-11-5-2/h13H,4-12H2,1-3H3,(H,17,18,19). The van der Waals surface area contributed by atoms with Crippen LogP contribution in [-0.2, 0) is 0 Å². The molecule has 0 saturated carbocycles. The second kappa shape index (κ2) is 10.5. The molecule has 0 saturated heterocycles. The summed E-state index contributed by atoms with van der Waals surface area (Å²) in [5.41, 5.74) is 0.941. The molecule has 0 atom stereocenters. The molecule has 0 aliphatic rings. The van der Waals surface area contributed by atoms with Gasteiger partial charge < -0.3 is 10.1 Å². The molecule has 114 valence electrons. The predicted molar refractivity (Wildman–Crippen MR) is 84.4 cm³/mol. The summed E-state index contributed by atoms with van der Waals surface area (Å²) in [5.74, 6) is 1.36. The highest BCUT2D eigenvalue weighted by atomic mass is 16.5. The van der Waals surface area contributed by atoms with Crippen LogP contribution in [0.3, 0.4) is 0 Å². The van der Waals surface area contributed by atoms with Gasteiger partial charge in [-0.05, 0) is 19.8 Å². The molecule has 0 aliphatic heterocycles. The lowest BCUT2D eigenvalue weighted by molar-refractivity contribution is 0.293. The molecule has 0 fully saturated rings. The Bertz CT molecular complexity index is 369. The van der Waals surface area contributed by atoms with Crippen molar-refractivity contribution < 1.29 is 4.74 Å². The number of rotatable bonds is 11. The zero-order valence-corrected chi connectivity index (χ0v) is 13.2. The first kappa shape index (κ1) is 16.7. The third kappa shape index (κ3) is 7.31. The van der Waals surface area contributed by atoms with Crippen LogP contribution < -0.4 is 10.1 Å². The average Bonchev–Trinajstić information content (AvgIpc) is 2.43. The van der Waals surface area contributed by atoms with Gasteiger partial charge in [-0.3, -0.25) is 0 Å². The summed E-state index contributed by atoms with van der Waals surface area (Å²) in [6, 6.07) is 1.90. The van der Waals surface area contributed by atoms with E-state index >= 15 is 0 Å². The lowest BCUT2D eigenvalue weighted by atomic mass is 10.1. The van der Waals surface area contributed by atoms with Gasteiger partial charge in [-0.15, -0.1) is 0 Å². The number of ether oxygens (including phenoxy) is 1. The first-order valence-corrected chi connectivity index (χ1v) is 7.98. The van der Waals surface area contributed by atoms with E-state index in [1.165, 1.54) is 32.1 Å². The normalized spacial score (nSPS) is 10.6. The third-order valence-electron chi connectivity index (χ3n) is 3.11. The van der Waals surface area contributed by atoms with E-state index in [9.17, 15) is 0 Å². The van der Waals surface area contributed by atoms with Crippen molar-refractivity contribution >= 4 is 5.95 Å². The minimum atomic E-state index is 0.671. The average molecular weight is 279 g/mol. The van der Waals surface area contributed by atoms with Gasteiger partial charge in [-0.25, -0.2) is 4.98 Å². The van der Waals surface area contributed by atoms with E-state index in [0.717, 1.165) is 31.7 Å². The van der Waals surface area contributed by atoms with E-state index < -0.39 is 0 Å². The Hall–Kier alpha value is -1.32. The maximum absolute atomic E-state index is 5.72. The van der Waals surface area contributed by atoms with Crippen molar-refractivity contribution in [3.8, 4) is 5.88 Å². The molecule has 1 aromatic rings.